The predicted molar refractivity (Wildman–Crippen MR) is 78.5 cm³/mol. The number of ether oxygens (including phenoxy) is 2. The summed E-state index contributed by atoms with van der Waals surface area (Å²) in [6.07, 6.45) is 0. The second-order valence-electron chi connectivity index (χ2n) is 3.74. The number of nitrogens with two attached hydrogens (primary N) is 1. The third-order valence-electron chi connectivity index (χ3n) is 2.41. The van der Waals surface area contributed by atoms with E-state index in [4.69, 9.17) is 15.2 Å². The second-order valence-corrected chi connectivity index (χ2v) is 6.29. The highest BCUT2D eigenvalue weighted by molar-refractivity contribution is 9.11. The second kappa shape index (κ2) is 6.08. The molecule has 19 heavy (non-hydrogen) atoms. The van der Waals surface area contributed by atoms with Crippen LogP contribution >= 0.6 is 27.3 Å². The first-order chi connectivity index (χ1) is 9.10. The molecule has 0 aliphatic heterocycles. The van der Waals surface area contributed by atoms with Crippen molar-refractivity contribution in [1.29, 1.82) is 0 Å². The van der Waals surface area contributed by atoms with Crippen LogP contribution in [0.1, 0.15) is 15.2 Å². The van der Waals surface area contributed by atoms with E-state index in [0.29, 0.717) is 23.6 Å². The zero-order valence-electron chi connectivity index (χ0n) is 10.2. The fraction of sp³-hybridized carbons (Fsp3) is 0.154. The van der Waals surface area contributed by atoms with Gasteiger partial charge in [0.05, 0.1) is 10.9 Å². The molecule has 0 saturated carbocycles. The van der Waals surface area contributed by atoms with Gasteiger partial charge in [0.1, 0.15) is 17.9 Å². The summed E-state index contributed by atoms with van der Waals surface area (Å²) < 4.78 is 11.4. The van der Waals surface area contributed by atoms with Gasteiger partial charge >= 0.3 is 5.97 Å². The molecule has 2 N–H and O–H groups in total. The summed E-state index contributed by atoms with van der Waals surface area (Å²) in [4.78, 5) is 12.7. The molecule has 0 aliphatic rings. The predicted octanol–water partition coefficient (Wildman–Crippen LogP) is 3.46. The van der Waals surface area contributed by atoms with Crippen LogP contribution in [-0.2, 0) is 11.3 Å². The number of rotatable bonds is 4. The molecular formula is C13H12BrNO3S. The quantitative estimate of drug-likeness (QED) is 0.683. The Bertz CT molecular complexity index is 597. The van der Waals surface area contributed by atoms with Crippen LogP contribution in [0.2, 0.25) is 0 Å². The molecule has 1 aromatic carbocycles. The van der Waals surface area contributed by atoms with Crippen LogP contribution in [0.3, 0.4) is 0 Å². The highest BCUT2D eigenvalue weighted by Gasteiger charge is 2.13. The number of carbonyl (C=O) groups excluding carboxylic acids is 1. The van der Waals surface area contributed by atoms with Crippen molar-refractivity contribution in [2.24, 2.45) is 0 Å². The van der Waals surface area contributed by atoms with Crippen LogP contribution < -0.4 is 10.5 Å². The number of methoxy groups -OCH3 is 1. The third kappa shape index (κ3) is 3.48. The van der Waals surface area contributed by atoms with Crippen LogP contribution in [-0.4, -0.2) is 13.1 Å². The van der Waals surface area contributed by atoms with Gasteiger partial charge in [-0.05, 0) is 46.3 Å². The minimum atomic E-state index is -0.463. The Hall–Kier alpha value is -1.53. The monoisotopic (exact) mass is 341 g/mol. The minimum absolute atomic E-state index is 0.332. The van der Waals surface area contributed by atoms with Crippen LogP contribution in [0.25, 0.3) is 0 Å². The van der Waals surface area contributed by atoms with E-state index in [0.717, 1.165) is 8.66 Å². The summed E-state index contributed by atoms with van der Waals surface area (Å²) in [6, 6.07) is 8.82. The molecule has 0 unspecified atom stereocenters. The topological polar surface area (TPSA) is 61.5 Å². The Morgan fingerprint density at radius 3 is 2.79 bits per heavy atom. The molecule has 0 bridgehead atoms. The van der Waals surface area contributed by atoms with Crippen LogP contribution in [0, 0.1) is 0 Å². The molecule has 2 aromatic rings. The van der Waals surface area contributed by atoms with Gasteiger partial charge in [-0.15, -0.1) is 11.3 Å². The summed E-state index contributed by atoms with van der Waals surface area (Å²) in [7, 11) is 1.33. The summed E-state index contributed by atoms with van der Waals surface area (Å²) >= 11 is 4.97. The molecule has 0 saturated heterocycles. The van der Waals surface area contributed by atoms with Gasteiger partial charge in [-0.1, -0.05) is 0 Å². The molecule has 6 heteroatoms. The highest BCUT2D eigenvalue weighted by atomic mass is 79.9. The maximum atomic E-state index is 11.6. The first-order valence-electron chi connectivity index (χ1n) is 5.45. The number of thiophene rings is 1. The Labute approximate surface area is 123 Å². The maximum absolute atomic E-state index is 11.6. The number of nitrogen functional groups attached to an aromatic ring is 1. The summed E-state index contributed by atoms with van der Waals surface area (Å²) in [5.74, 6) is 0.000215. The Morgan fingerprint density at radius 1 is 1.37 bits per heavy atom. The van der Waals surface area contributed by atoms with E-state index in [1.54, 1.807) is 29.5 Å². The standard InChI is InChI=1S/C13H12BrNO3S/c1-17-13(16)10-6-8(15)2-4-11(10)18-7-9-3-5-12(14)19-9/h2-6H,7,15H2,1H3. The van der Waals surface area contributed by atoms with Crippen LogP contribution in [0.5, 0.6) is 5.75 Å². The lowest BCUT2D eigenvalue weighted by Gasteiger charge is -2.10. The van der Waals surface area contributed by atoms with Gasteiger partial charge in [0.2, 0.25) is 0 Å². The Kier molecular flexibility index (Phi) is 4.44. The number of benzene rings is 1. The van der Waals surface area contributed by atoms with Crippen molar-refractivity contribution in [2.45, 2.75) is 6.61 Å². The zero-order chi connectivity index (χ0) is 13.8. The minimum Gasteiger partial charge on any atom is -0.487 e. The fourth-order valence-corrected chi connectivity index (χ4v) is 2.92. The molecule has 0 fully saturated rings. The third-order valence-corrected chi connectivity index (χ3v) is 4.00. The molecule has 0 amide bonds. The molecule has 0 radical (unpaired) electrons. The van der Waals surface area contributed by atoms with Gasteiger partial charge < -0.3 is 15.2 Å². The van der Waals surface area contributed by atoms with E-state index >= 15 is 0 Å². The molecule has 1 heterocycles. The van der Waals surface area contributed by atoms with Crippen LogP contribution in [0.4, 0.5) is 5.69 Å². The van der Waals surface area contributed by atoms with E-state index in [1.807, 2.05) is 12.1 Å². The van der Waals surface area contributed by atoms with Gasteiger partial charge in [-0.25, -0.2) is 4.79 Å². The van der Waals surface area contributed by atoms with Gasteiger partial charge in [-0.3, -0.25) is 0 Å². The lowest BCUT2D eigenvalue weighted by molar-refractivity contribution is 0.0595. The summed E-state index contributed by atoms with van der Waals surface area (Å²) in [5, 5.41) is 0. The van der Waals surface area contributed by atoms with Crippen molar-refractivity contribution < 1.29 is 14.3 Å². The maximum Gasteiger partial charge on any atom is 0.341 e. The van der Waals surface area contributed by atoms with E-state index in [-0.39, 0.29) is 0 Å². The molecule has 1 aromatic heterocycles. The molecule has 2 rings (SSSR count). The van der Waals surface area contributed by atoms with E-state index < -0.39 is 5.97 Å². The number of anilines is 1. The van der Waals surface area contributed by atoms with Crippen molar-refractivity contribution in [2.75, 3.05) is 12.8 Å². The van der Waals surface area contributed by atoms with E-state index in [1.165, 1.54) is 7.11 Å². The normalized spacial score (nSPS) is 10.2. The molecule has 0 atom stereocenters. The molecule has 4 nitrogen and oxygen atoms in total. The first-order valence-corrected chi connectivity index (χ1v) is 7.06. The summed E-state index contributed by atoms with van der Waals surface area (Å²) in [6.45, 7) is 0.393. The largest absolute Gasteiger partial charge is 0.487 e. The number of hydrogen-bond acceptors (Lipinski definition) is 5. The fourth-order valence-electron chi connectivity index (χ4n) is 1.52. The van der Waals surface area contributed by atoms with Crippen molar-refractivity contribution in [3.8, 4) is 5.75 Å². The Morgan fingerprint density at radius 2 is 2.16 bits per heavy atom. The Balaban J connectivity index is 2.17. The average molecular weight is 342 g/mol. The van der Waals surface area contributed by atoms with E-state index in [2.05, 4.69) is 15.9 Å². The van der Waals surface area contributed by atoms with E-state index in [9.17, 15) is 4.79 Å². The molecule has 0 aliphatic carbocycles. The zero-order valence-corrected chi connectivity index (χ0v) is 12.6. The van der Waals surface area contributed by atoms with Crippen LogP contribution in [0.15, 0.2) is 34.1 Å². The SMILES string of the molecule is COC(=O)c1cc(N)ccc1OCc1ccc(Br)s1. The van der Waals surface area contributed by atoms with Crippen molar-refractivity contribution in [3.05, 3.63) is 44.6 Å². The lowest BCUT2D eigenvalue weighted by Crippen LogP contribution is -2.06. The van der Waals surface area contributed by atoms with Gasteiger partial charge in [0, 0.05) is 10.6 Å². The highest BCUT2D eigenvalue weighted by Crippen LogP contribution is 2.26. The lowest BCUT2D eigenvalue weighted by atomic mass is 10.2. The van der Waals surface area contributed by atoms with Gasteiger partial charge in [0.25, 0.3) is 0 Å². The number of esters is 1. The number of hydrogen-bond donors (Lipinski definition) is 1. The van der Waals surface area contributed by atoms with Gasteiger partial charge in [0.15, 0.2) is 0 Å². The first kappa shape index (κ1) is 13.9. The smallest absolute Gasteiger partial charge is 0.341 e. The average Bonchev–Trinajstić information content (AvgIpc) is 2.82. The van der Waals surface area contributed by atoms with Crippen molar-refractivity contribution in [1.82, 2.24) is 0 Å². The van der Waals surface area contributed by atoms with Gasteiger partial charge in [-0.2, -0.15) is 0 Å². The molecular weight excluding hydrogens is 330 g/mol. The molecule has 0 spiro atoms. The van der Waals surface area contributed by atoms with Crippen molar-refractivity contribution in [3.63, 3.8) is 0 Å². The number of halogens is 1. The summed E-state index contributed by atoms with van der Waals surface area (Å²) in [5.41, 5.74) is 6.49. The number of carbonyl (C=O) groups is 1. The molecule has 100 valence electrons. The van der Waals surface area contributed by atoms with Crippen molar-refractivity contribution >= 4 is 38.9 Å².